The van der Waals surface area contributed by atoms with Gasteiger partial charge in [-0.3, -0.25) is 0 Å². The predicted molar refractivity (Wildman–Crippen MR) is 59.6 cm³/mol. The van der Waals surface area contributed by atoms with Gasteiger partial charge in [0.05, 0.1) is 0 Å². The molecular formula is C11H18SiZn. The second-order valence-corrected chi connectivity index (χ2v) is 9.17. The van der Waals surface area contributed by atoms with E-state index in [0.29, 0.717) is 0 Å². The van der Waals surface area contributed by atoms with Crippen molar-refractivity contribution in [2.45, 2.75) is 19.6 Å². The van der Waals surface area contributed by atoms with Crippen LogP contribution >= 0.6 is 0 Å². The molecule has 0 nitrogen and oxygen atoms in total. The number of benzene rings is 1. The Hall–Kier alpha value is -0.0697. The van der Waals surface area contributed by atoms with Crippen LogP contribution in [0.15, 0.2) is 30.3 Å². The second kappa shape index (κ2) is 7.35. The Morgan fingerprint density at radius 3 is 1.46 bits per heavy atom. The van der Waals surface area contributed by atoms with Gasteiger partial charge in [-0.25, -0.2) is 0 Å². The Morgan fingerprint density at radius 1 is 1.00 bits per heavy atom. The van der Waals surface area contributed by atoms with E-state index in [0.717, 1.165) is 5.56 Å². The minimum absolute atomic E-state index is 0. The summed E-state index contributed by atoms with van der Waals surface area (Å²) >= 11 is 0. The van der Waals surface area contributed by atoms with Crippen LogP contribution < -0.4 is 0 Å². The van der Waals surface area contributed by atoms with Crippen molar-refractivity contribution >= 4 is 8.07 Å². The molecule has 0 unspecified atom stereocenters. The van der Waals surface area contributed by atoms with Gasteiger partial charge in [-0.05, 0) is 0 Å². The summed E-state index contributed by atoms with van der Waals surface area (Å²) < 4.78 is 0. The maximum atomic E-state index is 3.91. The first-order valence-electron chi connectivity index (χ1n) is 4.12. The molecule has 0 radical (unpaired) electrons. The van der Waals surface area contributed by atoms with Gasteiger partial charge in [-0.1, -0.05) is 25.7 Å². The van der Waals surface area contributed by atoms with Crippen LogP contribution in [-0.2, 0) is 19.5 Å². The van der Waals surface area contributed by atoms with Gasteiger partial charge in [-0.15, -0.1) is 20.2 Å². The molecule has 0 aliphatic carbocycles. The average molecular weight is 244 g/mol. The van der Waals surface area contributed by atoms with Crippen molar-refractivity contribution in [2.75, 3.05) is 0 Å². The maximum absolute atomic E-state index is 3.91. The second-order valence-electron chi connectivity index (χ2n) is 4.05. The predicted octanol–water partition coefficient (Wildman–Crippen LogP) is 3.56. The molecule has 0 atom stereocenters. The monoisotopic (exact) mass is 242 g/mol. The van der Waals surface area contributed by atoms with E-state index in [1.807, 2.05) is 30.3 Å². The topological polar surface area (TPSA) is 0 Å². The Labute approximate surface area is 96.5 Å². The van der Waals surface area contributed by atoms with Crippen molar-refractivity contribution in [3.8, 4) is 0 Å². The fourth-order valence-corrected chi connectivity index (χ4v) is 0.478. The molecule has 0 bridgehead atoms. The molecule has 0 aromatic heterocycles. The zero-order valence-electron chi connectivity index (χ0n) is 9.01. The zero-order valence-corrected chi connectivity index (χ0v) is 13.0. The molecule has 0 heterocycles. The van der Waals surface area contributed by atoms with Gasteiger partial charge in [-0.2, -0.15) is 24.6 Å². The molecule has 0 N–H and O–H groups in total. The van der Waals surface area contributed by atoms with E-state index >= 15 is 0 Å². The van der Waals surface area contributed by atoms with Crippen molar-refractivity contribution in [2.24, 2.45) is 0 Å². The number of hydrogen-bond acceptors (Lipinski definition) is 0. The van der Waals surface area contributed by atoms with Gasteiger partial charge >= 0.3 is 19.5 Å². The maximum Gasteiger partial charge on any atom is 2.00 e. The van der Waals surface area contributed by atoms with Crippen molar-refractivity contribution < 1.29 is 19.5 Å². The third-order valence-electron chi connectivity index (χ3n) is 0.843. The van der Waals surface area contributed by atoms with Gasteiger partial charge in [0.1, 0.15) is 0 Å². The first-order valence-corrected chi connectivity index (χ1v) is 7.82. The molecule has 2 heteroatoms. The molecule has 0 aliphatic rings. The first-order chi connectivity index (χ1) is 5.39. The van der Waals surface area contributed by atoms with E-state index in [-0.39, 0.29) is 19.5 Å². The smallest absolute Gasteiger partial charge is 0.342 e. The Kier molecular flexibility index (Phi) is 8.70. The van der Waals surface area contributed by atoms with Gasteiger partial charge in [0.25, 0.3) is 0 Å². The fraction of sp³-hybridized carbons (Fsp3) is 0.273. The summed E-state index contributed by atoms with van der Waals surface area (Å²) in [6, 6.07) is 9.87. The minimum atomic E-state index is -0.861. The van der Waals surface area contributed by atoms with Crippen LogP contribution in [-0.4, -0.2) is 8.07 Å². The minimum Gasteiger partial charge on any atom is -0.342 e. The van der Waals surface area contributed by atoms with E-state index in [9.17, 15) is 0 Å². The van der Waals surface area contributed by atoms with Crippen molar-refractivity contribution in [3.63, 3.8) is 0 Å². The van der Waals surface area contributed by atoms with Crippen LogP contribution in [0.3, 0.4) is 0 Å². The van der Waals surface area contributed by atoms with Crippen molar-refractivity contribution in [1.82, 2.24) is 0 Å². The third kappa shape index (κ3) is 18.7. The normalized spacial score (nSPS) is 9.23. The van der Waals surface area contributed by atoms with Crippen molar-refractivity contribution in [1.29, 1.82) is 0 Å². The number of rotatable bonds is 0. The average Bonchev–Trinajstić information content (AvgIpc) is 1.85. The standard InChI is InChI=1S/C7H7.C4H11Si.Zn/c1-7-5-3-2-4-6-7;1-5(2,3)4;/h2-6H,1H2;1H2,2-4H3;/q2*-1;+2. The van der Waals surface area contributed by atoms with E-state index in [2.05, 4.69) is 33.1 Å². The summed E-state index contributed by atoms with van der Waals surface area (Å²) in [5.74, 6) is 0. The zero-order chi connectivity index (χ0) is 9.61. The summed E-state index contributed by atoms with van der Waals surface area (Å²) in [5.41, 5.74) is 1.07. The van der Waals surface area contributed by atoms with Crippen LogP contribution in [0.4, 0.5) is 0 Å². The van der Waals surface area contributed by atoms with Gasteiger partial charge < -0.3 is 6.55 Å². The number of hydrogen-bond donors (Lipinski definition) is 0. The molecule has 0 spiro atoms. The quantitative estimate of drug-likeness (QED) is 0.483. The molecule has 0 saturated carbocycles. The van der Waals surface area contributed by atoms with E-state index in [4.69, 9.17) is 0 Å². The largest absolute Gasteiger partial charge is 2.00 e. The first kappa shape index (κ1) is 15.4. The Morgan fingerprint density at radius 2 is 1.31 bits per heavy atom. The van der Waals surface area contributed by atoms with E-state index < -0.39 is 8.07 Å². The Bertz CT molecular complexity index is 195. The van der Waals surface area contributed by atoms with Crippen LogP contribution in [0.1, 0.15) is 5.56 Å². The molecule has 0 aliphatic heterocycles. The SMILES string of the molecule is [CH2-][Si](C)(C)C.[CH2-]c1ccccc1.[Zn+2]. The van der Waals surface area contributed by atoms with Crippen LogP contribution in [0.25, 0.3) is 0 Å². The molecule has 1 aromatic carbocycles. The van der Waals surface area contributed by atoms with Crippen LogP contribution in [0.5, 0.6) is 0 Å². The Balaban J connectivity index is 0. The van der Waals surface area contributed by atoms with Gasteiger partial charge in [0, 0.05) is 0 Å². The molecule has 1 rings (SSSR count). The van der Waals surface area contributed by atoms with Gasteiger partial charge in [0.15, 0.2) is 0 Å². The molecule has 68 valence electrons. The summed E-state index contributed by atoms with van der Waals surface area (Å²) in [6.07, 6.45) is 0. The molecule has 1 aromatic rings. The van der Waals surface area contributed by atoms with E-state index in [1.165, 1.54) is 0 Å². The molecule has 0 saturated heterocycles. The van der Waals surface area contributed by atoms with Gasteiger partial charge in [0.2, 0.25) is 0 Å². The van der Waals surface area contributed by atoms with E-state index in [1.54, 1.807) is 0 Å². The summed E-state index contributed by atoms with van der Waals surface area (Å²) in [6.45, 7) is 14.3. The summed E-state index contributed by atoms with van der Waals surface area (Å²) in [7, 11) is -0.861. The summed E-state index contributed by atoms with van der Waals surface area (Å²) in [4.78, 5) is 0. The molecule has 0 fully saturated rings. The van der Waals surface area contributed by atoms with Crippen LogP contribution in [0.2, 0.25) is 19.6 Å². The fourth-order valence-electron chi connectivity index (χ4n) is 0.478. The summed E-state index contributed by atoms with van der Waals surface area (Å²) in [5, 5.41) is 0. The molecule has 13 heavy (non-hydrogen) atoms. The van der Waals surface area contributed by atoms with Crippen LogP contribution in [0, 0.1) is 13.5 Å². The molecule has 0 amide bonds. The third-order valence-corrected chi connectivity index (χ3v) is 0.843. The molecular weight excluding hydrogens is 226 g/mol. The van der Waals surface area contributed by atoms with Crippen molar-refractivity contribution in [3.05, 3.63) is 49.4 Å².